The molecule has 1 aromatic carbocycles. The molecule has 0 fully saturated rings. The molecule has 26 heavy (non-hydrogen) atoms. The second-order valence-corrected chi connectivity index (χ2v) is 6.67. The van der Waals surface area contributed by atoms with Crippen molar-refractivity contribution in [1.82, 2.24) is 10.2 Å². The third-order valence-electron chi connectivity index (χ3n) is 3.91. The van der Waals surface area contributed by atoms with Gasteiger partial charge in [-0.2, -0.15) is 0 Å². The van der Waals surface area contributed by atoms with E-state index in [1.54, 1.807) is 53.6 Å². The Morgan fingerprint density at radius 2 is 1.85 bits per heavy atom. The number of carbonyl (C=O) groups excluding carboxylic acids is 3. The van der Waals surface area contributed by atoms with Crippen molar-refractivity contribution in [2.45, 2.75) is 26.8 Å². The zero-order valence-electron chi connectivity index (χ0n) is 15.1. The van der Waals surface area contributed by atoms with Gasteiger partial charge in [0.05, 0.1) is 4.88 Å². The van der Waals surface area contributed by atoms with Gasteiger partial charge in [0.25, 0.3) is 11.8 Å². The Hall–Kier alpha value is -2.67. The van der Waals surface area contributed by atoms with Crippen LogP contribution >= 0.6 is 11.3 Å². The molecule has 2 aromatic rings. The fourth-order valence-electron chi connectivity index (χ4n) is 2.41. The van der Waals surface area contributed by atoms with Crippen molar-refractivity contribution in [3.05, 3.63) is 52.2 Å². The molecule has 1 heterocycles. The highest BCUT2D eigenvalue weighted by Crippen LogP contribution is 2.14. The fourth-order valence-corrected chi connectivity index (χ4v) is 3.04. The Kier molecular flexibility index (Phi) is 6.91. The first kappa shape index (κ1) is 19.7. The van der Waals surface area contributed by atoms with Gasteiger partial charge in [0.1, 0.15) is 6.04 Å². The quantitative estimate of drug-likeness (QED) is 0.783. The largest absolute Gasteiger partial charge is 0.340 e. The molecule has 0 aliphatic heterocycles. The van der Waals surface area contributed by atoms with Crippen molar-refractivity contribution < 1.29 is 14.4 Å². The first-order valence-corrected chi connectivity index (χ1v) is 9.38. The number of amides is 3. The number of nitrogens with zero attached hydrogens (tertiary/aromatic N) is 1. The maximum atomic E-state index is 12.4. The van der Waals surface area contributed by atoms with Crippen LogP contribution in [0.2, 0.25) is 0 Å². The Labute approximate surface area is 157 Å². The average molecular weight is 373 g/mol. The predicted molar refractivity (Wildman–Crippen MR) is 104 cm³/mol. The molecule has 2 N–H and O–H groups in total. The fraction of sp³-hybridized carbons (Fsp3) is 0.316. The van der Waals surface area contributed by atoms with E-state index in [9.17, 15) is 14.4 Å². The van der Waals surface area contributed by atoms with E-state index in [1.165, 1.54) is 11.3 Å². The lowest BCUT2D eigenvalue weighted by atomic mass is 10.1. The maximum Gasteiger partial charge on any atom is 0.261 e. The van der Waals surface area contributed by atoms with Gasteiger partial charge >= 0.3 is 0 Å². The van der Waals surface area contributed by atoms with Crippen molar-refractivity contribution in [1.29, 1.82) is 0 Å². The molecule has 7 heteroatoms. The van der Waals surface area contributed by atoms with Crippen LogP contribution in [0, 0.1) is 0 Å². The van der Waals surface area contributed by atoms with Crippen molar-refractivity contribution in [2.75, 3.05) is 18.4 Å². The molecule has 6 nitrogen and oxygen atoms in total. The number of benzene rings is 1. The number of carbonyl (C=O) groups is 3. The minimum atomic E-state index is -0.702. The zero-order chi connectivity index (χ0) is 19.1. The summed E-state index contributed by atoms with van der Waals surface area (Å²) in [7, 11) is 0. The van der Waals surface area contributed by atoms with Gasteiger partial charge in [0.15, 0.2) is 0 Å². The second kappa shape index (κ2) is 9.15. The molecule has 0 saturated carbocycles. The van der Waals surface area contributed by atoms with Crippen molar-refractivity contribution in [2.24, 2.45) is 0 Å². The number of hydrogen-bond acceptors (Lipinski definition) is 4. The third kappa shape index (κ3) is 4.92. The summed E-state index contributed by atoms with van der Waals surface area (Å²) < 4.78 is 0. The van der Waals surface area contributed by atoms with Crippen LogP contribution in [-0.4, -0.2) is 41.8 Å². The molecule has 138 valence electrons. The molecule has 0 saturated heterocycles. The zero-order valence-corrected chi connectivity index (χ0v) is 15.9. The normalized spacial score (nSPS) is 11.5. The van der Waals surface area contributed by atoms with E-state index in [1.807, 2.05) is 13.8 Å². The minimum Gasteiger partial charge on any atom is -0.340 e. The number of hydrogen-bond donors (Lipinski definition) is 2. The lowest BCUT2D eigenvalue weighted by molar-refractivity contribution is -0.117. The second-order valence-electron chi connectivity index (χ2n) is 5.72. The summed E-state index contributed by atoms with van der Waals surface area (Å²) in [5.74, 6) is -0.708. The lowest BCUT2D eigenvalue weighted by Gasteiger charge is -2.19. The maximum absolute atomic E-state index is 12.4. The molecule has 1 atom stereocenters. The highest BCUT2D eigenvalue weighted by atomic mass is 32.1. The Balaban J connectivity index is 2.01. The Morgan fingerprint density at radius 3 is 2.46 bits per heavy atom. The molecule has 1 aromatic heterocycles. The van der Waals surface area contributed by atoms with Gasteiger partial charge in [-0.15, -0.1) is 11.3 Å². The van der Waals surface area contributed by atoms with Crippen molar-refractivity contribution >= 4 is 34.7 Å². The van der Waals surface area contributed by atoms with E-state index in [0.29, 0.717) is 29.2 Å². The van der Waals surface area contributed by atoms with Gasteiger partial charge in [-0.25, -0.2) is 0 Å². The monoisotopic (exact) mass is 373 g/mol. The van der Waals surface area contributed by atoms with Crippen LogP contribution in [0.25, 0.3) is 0 Å². The van der Waals surface area contributed by atoms with Gasteiger partial charge in [-0.3, -0.25) is 14.4 Å². The highest BCUT2D eigenvalue weighted by Gasteiger charge is 2.18. The summed E-state index contributed by atoms with van der Waals surface area (Å²) in [4.78, 5) is 39.0. The summed E-state index contributed by atoms with van der Waals surface area (Å²) in [6, 6.07) is 9.58. The van der Waals surface area contributed by atoms with Crippen LogP contribution in [-0.2, 0) is 4.79 Å². The summed E-state index contributed by atoms with van der Waals surface area (Å²) in [5, 5.41) is 7.21. The molecule has 0 aliphatic rings. The van der Waals surface area contributed by atoms with E-state index >= 15 is 0 Å². The standard InChI is InChI=1S/C19H23N3O3S/c1-4-22(5-2)19(25)14-8-6-9-15(12-14)21-17(23)13(3)20-18(24)16-10-7-11-26-16/h6-13H,4-5H2,1-3H3,(H,20,24)(H,21,23). The van der Waals surface area contributed by atoms with Crippen LogP contribution in [0.3, 0.4) is 0 Å². The first-order chi connectivity index (χ1) is 12.5. The van der Waals surface area contributed by atoms with Gasteiger partial charge in [0, 0.05) is 24.3 Å². The first-order valence-electron chi connectivity index (χ1n) is 8.50. The number of thiophene rings is 1. The van der Waals surface area contributed by atoms with Gasteiger partial charge < -0.3 is 15.5 Å². The van der Waals surface area contributed by atoms with Crippen LogP contribution in [0.15, 0.2) is 41.8 Å². The topological polar surface area (TPSA) is 78.5 Å². The SMILES string of the molecule is CCN(CC)C(=O)c1cccc(NC(=O)C(C)NC(=O)c2cccs2)c1. The Bertz CT molecular complexity index is 770. The molecule has 1 unspecified atom stereocenters. The van der Waals surface area contributed by atoms with Gasteiger partial charge in [-0.05, 0) is 50.4 Å². The summed E-state index contributed by atoms with van der Waals surface area (Å²) in [6.45, 7) is 6.71. The van der Waals surface area contributed by atoms with Crippen molar-refractivity contribution in [3.63, 3.8) is 0 Å². The molecular weight excluding hydrogens is 350 g/mol. The molecule has 0 bridgehead atoms. The molecule has 3 amide bonds. The molecular formula is C19H23N3O3S. The Morgan fingerprint density at radius 1 is 1.12 bits per heavy atom. The number of anilines is 1. The molecule has 0 aliphatic carbocycles. The molecule has 2 rings (SSSR count). The summed E-state index contributed by atoms with van der Waals surface area (Å²) in [6.07, 6.45) is 0. The van der Waals surface area contributed by atoms with Crippen molar-refractivity contribution in [3.8, 4) is 0 Å². The van der Waals surface area contributed by atoms with Gasteiger partial charge in [-0.1, -0.05) is 12.1 Å². The van der Waals surface area contributed by atoms with E-state index in [2.05, 4.69) is 10.6 Å². The smallest absolute Gasteiger partial charge is 0.261 e. The van der Waals surface area contributed by atoms with E-state index in [-0.39, 0.29) is 17.7 Å². The summed E-state index contributed by atoms with van der Waals surface area (Å²) >= 11 is 1.31. The average Bonchev–Trinajstić information content (AvgIpc) is 3.17. The van der Waals surface area contributed by atoms with E-state index in [4.69, 9.17) is 0 Å². The van der Waals surface area contributed by atoms with Crippen LogP contribution in [0.4, 0.5) is 5.69 Å². The third-order valence-corrected chi connectivity index (χ3v) is 4.78. The van der Waals surface area contributed by atoms with Crippen LogP contribution in [0.1, 0.15) is 40.8 Å². The number of rotatable bonds is 7. The van der Waals surface area contributed by atoms with E-state index in [0.717, 1.165) is 0 Å². The van der Waals surface area contributed by atoms with Crippen LogP contribution in [0.5, 0.6) is 0 Å². The lowest BCUT2D eigenvalue weighted by Crippen LogP contribution is -2.41. The highest BCUT2D eigenvalue weighted by molar-refractivity contribution is 7.12. The van der Waals surface area contributed by atoms with Crippen LogP contribution < -0.4 is 10.6 Å². The molecule has 0 radical (unpaired) electrons. The predicted octanol–water partition coefficient (Wildman–Crippen LogP) is 2.99. The molecule has 0 spiro atoms. The van der Waals surface area contributed by atoms with Gasteiger partial charge in [0.2, 0.25) is 5.91 Å². The minimum absolute atomic E-state index is 0.0786. The van der Waals surface area contributed by atoms with E-state index < -0.39 is 6.04 Å². The number of nitrogens with one attached hydrogen (secondary N) is 2. The summed E-state index contributed by atoms with van der Waals surface area (Å²) in [5.41, 5.74) is 1.03.